The van der Waals surface area contributed by atoms with Gasteiger partial charge in [-0.25, -0.2) is 4.79 Å². The molecular weight excluding hydrogens is 332 g/mol. The van der Waals surface area contributed by atoms with Crippen LogP contribution in [0.3, 0.4) is 0 Å². The number of nitrogens with one attached hydrogen (secondary N) is 2. The Hall–Kier alpha value is -2.37. The maximum Gasteiger partial charge on any atom is 0.325 e. The molecule has 1 saturated carbocycles. The van der Waals surface area contributed by atoms with Gasteiger partial charge in [-0.05, 0) is 43.4 Å². The van der Waals surface area contributed by atoms with Crippen molar-refractivity contribution in [2.24, 2.45) is 5.92 Å². The van der Waals surface area contributed by atoms with Gasteiger partial charge < -0.3 is 10.1 Å². The monoisotopic (exact) mass is 360 g/mol. The van der Waals surface area contributed by atoms with E-state index in [0.717, 1.165) is 17.5 Å². The average Bonchev–Trinajstić information content (AvgIpc) is 2.63. The fourth-order valence-electron chi connectivity index (χ4n) is 3.22. The molecule has 1 aromatic rings. The molecular formula is C20H28N2O4. The van der Waals surface area contributed by atoms with E-state index in [-0.39, 0.29) is 5.97 Å². The largest absolute Gasteiger partial charge is 0.456 e. The van der Waals surface area contributed by atoms with Gasteiger partial charge in [0.15, 0.2) is 6.61 Å². The molecule has 0 aliphatic heterocycles. The van der Waals surface area contributed by atoms with E-state index in [1.54, 1.807) is 6.07 Å². The molecule has 0 aromatic heterocycles. The van der Waals surface area contributed by atoms with Gasteiger partial charge in [0.1, 0.15) is 0 Å². The number of urea groups is 1. The van der Waals surface area contributed by atoms with E-state index in [2.05, 4.69) is 10.6 Å². The Morgan fingerprint density at radius 2 is 1.85 bits per heavy atom. The van der Waals surface area contributed by atoms with Gasteiger partial charge in [0.05, 0.1) is 0 Å². The van der Waals surface area contributed by atoms with Crippen LogP contribution in [-0.4, -0.2) is 24.5 Å². The number of aryl methyl sites for hydroxylation is 1. The molecule has 142 valence electrons. The van der Waals surface area contributed by atoms with Crippen molar-refractivity contribution >= 4 is 23.6 Å². The first-order valence-corrected chi connectivity index (χ1v) is 9.28. The zero-order valence-electron chi connectivity index (χ0n) is 15.6. The van der Waals surface area contributed by atoms with Gasteiger partial charge in [-0.2, -0.15) is 0 Å². The van der Waals surface area contributed by atoms with Crippen molar-refractivity contribution in [2.75, 3.05) is 11.9 Å². The molecule has 1 fully saturated rings. The Morgan fingerprint density at radius 3 is 2.58 bits per heavy atom. The van der Waals surface area contributed by atoms with Gasteiger partial charge in [0, 0.05) is 12.1 Å². The van der Waals surface area contributed by atoms with Gasteiger partial charge in [0.25, 0.3) is 5.91 Å². The fourth-order valence-corrected chi connectivity index (χ4v) is 3.22. The molecule has 3 amide bonds. The van der Waals surface area contributed by atoms with E-state index in [9.17, 15) is 14.4 Å². The Labute approximate surface area is 154 Å². The van der Waals surface area contributed by atoms with E-state index in [1.807, 2.05) is 26.0 Å². The zero-order chi connectivity index (χ0) is 18.9. The van der Waals surface area contributed by atoms with E-state index in [0.29, 0.717) is 18.0 Å². The molecule has 0 bridgehead atoms. The maximum absolute atomic E-state index is 11.9. The molecule has 1 aliphatic rings. The molecule has 0 unspecified atom stereocenters. The number of carbonyl (C=O) groups is 3. The number of ether oxygens (including phenoxy) is 1. The Bertz CT molecular complexity index is 651. The topological polar surface area (TPSA) is 84.5 Å². The Morgan fingerprint density at radius 1 is 1.12 bits per heavy atom. The molecule has 0 saturated heterocycles. The molecule has 2 N–H and O–H groups in total. The highest BCUT2D eigenvalue weighted by molar-refractivity contribution is 6.02. The number of hydrogen-bond acceptors (Lipinski definition) is 4. The minimum absolute atomic E-state index is 0.326. The van der Waals surface area contributed by atoms with E-state index >= 15 is 0 Å². The standard InChI is InChI=1S/C20H28N2O4/c1-14-7-6-10-17(15(14)2)21-20(25)22-18(23)13-26-19(24)12-11-16-8-4-3-5-9-16/h6-7,10,16H,3-5,8-9,11-13H2,1-2H3,(H2,21,22,23,25). The molecule has 2 rings (SSSR count). The minimum atomic E-state index is -0.640. The minimum Gasteiger partial charge on any atom is -0.456 e. The van der Waals surface area contributed by atoms with Crippen LogP contribution in [0.1, 0.15) is 56.1 Å². The average molecular weight is 360 g/mol. The number of imide groups is 1. The highest BCUT2D eigenvalue weighted by atomic mass is 16.5. The molecule has 0 heterocycles. The van der Waals surface area contributed by atoms with Crippen LogP contribution in [0, 0.1) is 19.8 Å². The summed E-state index contributed by atoms with van der Waals surface area (Å²) in [4.78, 5) is 35.4. The van der Waals surface area contributed by atoms with Gasteiger partial charge in [0.2, 0.25) is 0 Å². The maximum atomic E-state index is 11.9. The molecule has 6 nitrogen and oxygen atoms in total. The van der Waals surface area contributed by atoms with Crippen LogP contribution >= 0.6 is 0 Å². The second-order valence-electron chi connectivity index (χ2n) is 6.95. The van der Waals surface area contributed by atoms with Crippen molar-refractivity contribution in [1.82, 2.24) is 5.32 Å². The number of anilines is 1. The lowest BCUT2D eigenvalue weighted by Gasteiger charge is -2.20. The second kappa shape index (κ2) is 9.94. The van der Waals surface area contributed by atoms with Gasteiger partial charge in [-0.1, -0.05) is 44.2 Å². The van der Waals surface area contributed by atoms with Crippen LogP contribution in [0.2, 0.25) is 0 Å². The van der Waals surface area contributed by atoms with Crippen LogP contribution < -0.4 is 10.6 Å². The number of amides is 3. The molecule has 1 aliphatic carbocycles. The number of esters is 1. The molecule has 0 spiro atoms. The van der Waals surface area contributed by atoms with E-state index in [4.69, 9.17) is 4.74 Å². The van der Waals surface area contributed by atoms with Gasteiger partial charge in [-0.15, -0.1) is 0 Å². The SMILES string of the molecule is Cc1cccc(NC(=O)NC(=O)COC(=O)CCC2CCCCC2)c1C. The first-order chi connectivity index (χ1) is 12.5. The summed E-state index contributed by atoms with van der Waals surface area (Å²) in [6.07, 6.45) is 7.24. The van der Waals surface area contributed by atoms with Crippen LogP contribution in [0.15, 0.2) is 18.2 Å². The highest BCUT2D eigenvalue weighted by Gasteiger charge is 2.16. The fraction of sp³-hybridized carbons (Fsp3) is 0.550. The Balaban J connectivity index is 1.66. The normalized spacial score (nSPS) is 14.5. The van der Waals surface area contributed by atoms with Crippen LogP contribution in [0.25, 0.3) is 0 Å². The molecule has 6 heteroatoms. The van der Waals surface area contributed by atoms with Gasteiger partial charge >= 0.3 is 12.0 Å². The third-order valence-electron chi connectivity index (χ3n) is 4.95. The third-order valence-corrected chi connectivity index (χ3v) is 4.95. The summed E-state index contributed by atoms with van der Waals surface area (Å²) in [5, 5.41) is 4.80. The summed E-state index contributed by atoms with van der Waals surface area (Å²) in [7, 11) is 0. The zero-order valence-corrected chi connectivity index (χ0v) is 15.6. The van der Waals surface area contributed by atoms with Crippen molar-refractivity contribution < 1.29 is 19.1 Å². The number of hydrogen-bond donors (Lipinski definition) is 2. The van der Waals surface area contributed by atoms with Crippen molar-refractivity contribution in [3.05, 3.63) is 29.3 Å². The van der Waals surface area contributed by atoms with E-state index in [1.165, 1.54) is 32.1 Å². The molecule has 0 radical (unpaired) electrons. The summed E-state index contributed by atoms with van der Waals surface area (Å²) in [5.41, 5.74) is 2.62. The lowest BCUT2D eigenvalue weighted by molar-refractivity contribution is -0.148. The number of rotatable bonds is 6. The van der Waals surface area contributed by atoms with E-state index < -0.39 is 18.5 Å². The lowest BCUT2D eigenvalue weighted by Crippen LogP contribution is -2.37. The van der Waals surface area contributed by atoms with Crippen LogP contribution in [-0.2, 0) is 14.3 Å². The summed E-state index contributed by atoms with van der Waals surface area (Å²) >= 11 is 0. The predicted molar refractivity (Wildman–Crippen MR) is 99.8 cm³/mol. The summed E-state index contributed by atoms with van der Waals surface area (Å²) in [6, 6.07) is 4.89. The molecule has 1 aromatic carbocycles. The lowest BCUT2D eigenvalue weighted by atomic mass is 9.86. The molecule has 26 heavy (non-hydrogen) atoms. The van der Waals surface area contributed by atoms with Crippen molar-refractivity contribution in [3.63, 3.8) is 0 Å². The number of benzene rings is 1. The van der Waals surface area contributed by atoms with Gasteiger partial charge in [-0.3, -0.25) is 14.9 Å². The summed E-state index contributed by atoms with van der Waals surface area (Å²) < 4.78 is 4.96. The highest BCUT2D eigenvalue weighted by Crippen LogP contribution is 2.27. The van der Waals surface area contributed by atoms with Crippen LogP contribution in [0.5, 0.6) is 0 Å². The van der Waals surface area contributed by atoms with Crippen molar-refractivity contribution in [3.8, 4) is 0 Å². The third kappa shape index (κ3) is 6.50. The Kier molecular flexibility index (Phi) is 7.63. The second-order valence-corrected chi connectivity index (χ2v) is 6.95. The molecule has 0 atom stereocenters. The quantitative estimate of drug-likeness (QED) is 0.755. The summed E-state index contributed by atoms with van der Waals surface area (Å²) in [5.74, 6) is -0.437. The number of carbonyl (C=O) groups excluding carboxylic acids is 3. The predicted octanol–water partition coefficient (Wildman–Crippen LogP) is 3.86. The first kappa shape index (κ1) is 19.9. The van der Waals surface area contributed by atoms with Crippen molar-refractivity contribution in [2.45, 2.75) is 58.8 Å². The van der Waals surface area contributed by atoms with Crippen molar-refractivity contribution in [1.29, 1.82) is 0 Å². The first-order valence-electron chi connectivity index (χ1n) is 9.28. The smallest absolute Gasteiger partial charge is 0.325 e. The summed E-state index contributed by atoms with van der Waals surface area (Å²) in [6.45, 7) is 3.39. The van der Waals surface area contributed by atoms with Crippen LogP contribution in [0.4, 0.5) is 10.5 Å².